The zero-order valence-electron chi connectivity index (χ0n) is 10.9. The molecule has 2 aromatic rings. The van der Waals surface area contributed by atoms with Crippen LogP contribution in [0, 0.1) is 0 Å². The summed E-state index contributed by atoms with van der Waals surface area (Å²) in [4.78, 5) is 15.3. The molecule has 0 bridgehead atoms. The van der Waals surface area contributed by atoms with Crippen molar-refractivity contribution in [2.24, 2.45) is 0 Å². The first-order chi connectivity index (χ1) is 9.19. The molecule has 2 rings (SSSR count). The number of pyridine rings is 1. The summed E-state index contributed by atoms with van der Waals surface area (Å²) in [6.07, 6.45) is 4.00. The van der Waals surface area contributed by atoms with E-state index in [1.807, 2.05) is 25.1 Å². The Labute approximate surface area is 111 Å². The molecule has 0 aliphatic heterocycles. The lowest BCUT2D eigenvalue weighted by atomic mass is 10.2. The van der Waals surface area contributed by atoms with Crippen LogP contribution in [0.5, 0.6) is 0 Å². The van der Waals surface area contributed by atoms with E-state index in [1.165, 1.54) is 7.11 Å². The van der Waals surface area contributed by atoms with Crippen molar-refractivity contribution in [3.8, 4) is 0 Å². The maximum atomic E-state index is 11.4. The summed E-state index contributed by atoms with van der Waals surface area (Å²) in [6.45, 7) is 2.04. The molecule has 5 nitrogen and oxygen atoms in total. The highest BCUT2D eigenvalue weighted by molar-refractivity contribution is 5.88. The van der Waals surface area contributed by atoms with Gasteiger partial charge < -0.3 is 14.5 Å². The van der Waals surface area contributed by atoms with Crippen LogP contribution in [0.15, 0.2) is 41.1 Å². The van der Waals surface area contributed by atoms with Gasteiger partial charge in [-0.2, -0.15) is 0 Å². The summed E-state index contributed by atoms with van der Waals surface area (Å²) in [5.74, 6) is 0.476. The van der Waals surface area contributed by atoms with Crippen LogP contribution in [0.2, 0.25) is 0 Å². The molecular formula is C14H16N2O3. The quantitative estimate of drug-likeness (QED) is 0.837. The summed E-state index contributed by atoms with van der Waals surface area (Å²) in [5, 5.41) is 3.29. The molecule has 5 heteroatoms. The first-order valence-corrected chi connectivity index (χ1v) is 6.02. The second-order valence-electron chi connectivity index (χ2n) is 4.25. The molecule has 0 aliphatic carbocycles. The molecule has 100 valence electrons. The average molecular weight is 260 g/mol. The second kappa shape index (κ2) is 6.04. The summed E-state index contributed by atoms with van der Waals surface area (Å²) < 4.78 is 9.93. The molecule has 0 amide bonds. The van der Waals surface area contributed by atoms with Crippen LogP contribution in [0.25, 0.3) is 0 Å². The van der Waals surface area contributed by atoms with E-state index in [1.54, 1.807) is 18.5 Å². The SMILES string of the molecule is COC(=O)c1cc(NC(C)Cc2ccco2)ccn1. The summed E-state index contributed by atoms with van der Waals surface area (Å²) in [7, 11) is 1.34. The van der Waals surface area contributed by atoms with E-state index in [2.05, 4.69) is 15.0 Å². The number of furan rings is 1. The fourth-order valence-corrected chi connectivity index (χ4v) is 1.80. The number of anilines is 1. The van der Waals surface area contributed by atoms with Crippen LogP contribution in [-0.2, 0) is 11.2 Å². The normalized spacial score (nSPS) is 11.9. The molecular weight excluding hydrogens is 244 g/mol. The van der Waals surface area contributed by atoms with Gasteiger partial charge in [0.25, 0.3) is 0 Å². The third kappa shape index (κ3) is 3.58. The topological polar surface area (TPSA) is 64.4 Å². The number of esters is 1. The minimum Gasteiger partial charge on any atom is -0.469 e. The zero-order valence-corrected chi connectivity index (χ0v) is 10.9. The predicted molar refractivity (Wildman–Crippen MR) is 71.1 cm³/mol. The van der Waals surface area contributed by atoms with Gasteiger partial charge in [0, 0.05) is 24.3 Å². The maximum absolute atomic E-state index is 11.4. The van der Waals surface area contributed by atoms with E-state index in [4.69, 9.17) is 4.42 Å². The number of carbonyl (C=O) groups excluding carboxylic acids is 1. The molecule has 0 saturated carbocycles. The number of nitrogens with one attached hydrogen (secondary N) is 1. The molecule has 2 heterocycles. The Morgan fingerprint density at radius 1 is 1.53 bits per heavy atom. The van der Waals surface area contributed by atoms with Gasteiger partial charge in [-0.25, -0.2) is 9.78 Å². The minimum absolute atomic E-state index is 0.180. The van der Waals surface area contributed by atoms with E-state index in [0.717, 1.165) is 17.9 Å². The molecule has 2 aromatic heterocycles. The van der Waals surface area contributed by atoms with Gasteiger partial charge in [-0.15, -0.1) is 0 Å². The lowest BCUT2D eigenvalue weighted by Gasteiger charge is -2.14. The lowest BCUT2D eigenvalue weighted by Crippen LogP contribution is -2.18. The molecule has 19 heavy (non-hydrogen) atoms. The van der Waals surface area contributed by atoms with Crippen LogP contribution in [0.4, 0.5) is 5.69 Å². The smallest absolute Gasteiger partial charge is 0.356 e. The number of hydrogen-bond donors (Lipinski definition) is 1. The molecule has 0 fully saturated rings. The monoisotopic (exact) mass is 260 g/mol. The highest BCUT2D eigenvalue weighted by Gasteiger charge is 2.10. The van der Waals surface area contributed by atoms with Crippen LogP contribution in [0.3, 0.4) is 0 Å². The largest absolute Gasteiger partial charge is 0.469 e. The fourth-order valence-electron chi connectivity index (χ4n) is 1.80. The molecule has 0 aliphatic rings. The van der Waals surface area contributed by atoms with Crippen molar-refractivity contribution >= 4 is 11.7 Å². The predicted octanol–water partition coefficient (Wildman–Crippen LogP) is 2.50. The first-order valence-electron chi connectivity index (χ1n) is 6.02. The van der Waals surface area contributed by atoms with E-state index >= 15 is 0 Å². The van der Waals surface area contributed by atoms with Gasteiger partial charge >= 0.3 is 5.97 Å². The number of rotatable bonds is 5. The van der Waals surface area contributed by atoms with Crippen molar-refractivity contribution < 1.29 is 13.9 Å². The van der Waals surface area contributed by atoms with E-state index in [0.29, 0.717) is 0 Å². The molecule has 0 radical (unpaired) electrons. The van der Waals surface area contributed by atoms with Gasteiger partial charge in [-0.05, 0) is 31.2 Å². The van der Waals surface area contributed by atoms with Crippen LogP contribution >= 0.6 is 0 Å². The third-order valence-corrected chi connectivity index (χ3v) is 2.66. The number of aromatic nitrogens is 1. The number of nitrogens with zero attached hydrogens (tertiary/aromatic N) is 1. The van der Waals surface area contributed by atoms with Crippen molar-refractivity contribution in [2.75, 3.05) is 12.4 Å². The molecule has 0 saturated heterocycles. The first kappa shape index (κ1) is 13.1. The van der Waals surface area contributed by atoms with Crippen molar-refractivity contribution in [1.82, 2.24) is 4.98 Å². The highest BCUT2D eigenvalue weighted by Crippen LogP contribution is 2.13. The zero-order chi connectivity index (χ0) is 13.7. The minimum atomic E-state index is -0.442. The molecule has 1 unspecified atom stereocenters. The Kier molecular flexibility index (Phi) is 4.18. The van der Waals surface area contributed by atoms with Gasteiger partial charge in [0.05, 0.1) is 13.4 Å². The average Bonchev–Trinajstić information content (AvgIpc) is 2.90. The number of carbonyl (C=O) groups is 1. The molecule has 0 aromatic carbocycles. The van der Waals surface area contributed by atoms with Crippen LogP contribution in [0.1, 0.15) is 23.2 Å². The maximum Gasteiger partial charge on any atom is 0.356 e. The van der Waals surface area contributed by atoms with Crippen LogP contribution in [-0.4, -0.2) is 24.1 Å². The summed E-state index contributed by atoms with van der Waals surface area (Å²) in [5.41, 5.74) is 1.12. The van der Waals surface area contributed by atoms with Gasteiger partial charge in [-0.3, -0.25) is 0 Å². The Hall–Kier alpha value is -2.30. The van der Waals surface area contributed by atoms with Crippen LogP contribution < -0.4 is 5.32 Å². The lowest BCUT2D eigenvalue weighted by molar-refractivity contribution is 0.0594. The highest BCUT2D eigenvalue weighted by atomic mass is 16.5. The van der Waals surface area contributed by atoms with E-state index < -0.39 is 5.97 Å². The van der Waals surface area contributed by atoms with Gasteiger partial charge in [0.2, 0.25) is 0 Å². The number of hydrogen-bond acceptors (Lipinski definition) is 5. The Balaban J connectivity index is 2.00. The van der Waals surface area contributed by atoms with E-state index in [-0.39, 0.29) is 11.7 Å². The van der Waals surface area contributed by atoms with Crippen molar-refractivity contribution in [2.45, 2.75) is 19.4 Å². The summed E-state index contributed by atoms with van der Waals surface area (Å²) in [6, 6.07) is 7.46. The van der Waals surface area contributed by atoms with Gasteiger partial charge in [-0.1, -0.05) is 0 Å². The fraction of sp³-hybridized carbons (Fsp3) is 0.286. The van der Waals surface area contributed by atoms with Crippen molar-refractivity contribution in [3.05, 3.63) is 48.2 Å². The summed E-state index contributed by atoms with van der Waals surface area (Å²) >= 11 is 0. The Bertz CT molecular complexity index is 537. The van der Waals surface area contributed by atoms with Crippen molar-refractivity contribution in [1.29, 1.82) is 0 Å². The van der Waals surface area contributed by atoms with Gasteiger partial charge in [0.15, 0.2) is 0 Å². The Morgan fingerprint density at radius 3 is 3.05 bits per heavy atom. The Morgan fingerprint density at radius 2 is 2.37 bits per heavy atom. The standard InChI is InChI=1S/C14H16N2O3/c1-10(8-12-4-3-7-19-12)16-11-5-6-15-13(9-11)14(17)18-2/h3-7,9-10H,8H2,1-2H3,(H,15,16). The van der Waals surface area contributed by atoms with Gasteiger partial charge in [0.1, 0.15) is 11.5 Å². The number of ether oxygens (including phenoxy) is 1. The third-order valence-electron chi connectivity index (χ3n) is 2.66. The van der Waals surface area contributed by atoms with Crippen molar-refractivity contribution in [3.63, 3.8) is 0 Å². The molecule has 1 N–H and O–H groups in total. The molecule has 0 spiro atoms. The number of methoxy groups -OCH3 is 1. The molecule has 1 atom stereocenters. The van der Waals surface area contributed by atoms with E-state index in [9.17, 15) is 4.79 Å². The second-order valence-corrected chi connectivity index (χ2v) is 4.25.